The average molecular weight is 371 g/mol. The van der Waals surface area contributed by atoms with Gasteiger partial charge in [0.2, 0.25) is 0 Å². The van der Waals surface area contributed by atoms with Crippen LogP contribution >= 0.6 is 31.9 Å². The second-order valence-corrected chi connectivity index (χ2v) is 5.11. The summed E-state index contributed by atoms with van der Waals surface area (Å²) in [6.45, 7) is 0.402. The third-order valence-electron chi connectivity index (χ3n) is 2.08. The summed E-state index contributed by atoms with van der Waals surface area (Å²) in [6, 6.07) is 2.13. The number of alkyl halides is 1. The average Bonchev–Trinajstić information content (AvgIpc) is 2.23. The van der Waals surface area contributed by atoms with Gasteiger partial charge in [0, 0.05) is 16.3 Å². The molecule has 94 valence electrons. The first-order valence-electron chi connectivity index (χ1n) is 5.05. The maximum absolute atomic E-state index is 13.4. The lowest BCUT2D eigenvalue weighted by atomic mass is 10.2. The summed E-state index contributed by atoms with van der Waals surface area (Å²) in [5, 5.41) is 3.32. The van der Waals surface area contributed by atoms with E-state index in [-0.39, 0.29) is 4.47 Å². The zero-order chi connectivity index (χ0) is 12.8. The third kappa shape index (κ3) is 4.35. The zero-order valence-corrected chi connectivity index (χ0v) is 12.1. The Labute approximate surface area is 115 Å². The van der Waals surface area contributed by atoms with E-state index in [0.717, 1.165) is 30.3 Å². The summed E-state index contributed by atoms with van der Waals surface area (Å²) in [6.07, 6.45) is 1.66. The molecule has 0 fully saturated rings. The SMILES string of the molecule is O=C(NCCCCBr)c1c(F)cc(Br)cc1F. The van der Waals surface area contributed by atoms with Crippen molar-refractivity contribution in [2.24, 2.45) is 0 Å². The Kier molecular flexibility index (Phi) is 6.05. The van der Waals surface area contributed by atoms with Crippen LogP contribution in [0.4, 0.5) is 8.78 Å². The molecule has 0 aliphatic heterocycles. The molecule has 0 heterocycles. The minimum Gasteiger partial charge on any atom is -0.352 e. The van der Waals surface area contributed by atoms with Gasteiger partial charge in [-0.25, -0.2) is 8.78 Å². The Hall–Kier alpha value is -0.490. The molecule has 0 bridgehead atoms. The predicted octanol–water partition coefficient (Wildman–Crippen LogP) is 3.63. The van der Waals surface area contributed by atoms with Crippen molar-refractivity contribution in [1.29, 1.82) is 0 Å². The maximum Gasteiger partial charge on any atom is 0.257 e. The molecule has 1 amide bonds. The summed E-state index contributed by atoms with van der Waals surface area (Å²) >= 11 is 6.21. The quantitative estimate of drug-likeness (QED) is 0.622. The van der Waals surface area contributed by atoms with Gasteiger partial charge in [0.1, 0.15) is 17.2 Å². The van der Waals surface area contributed by atoms with Crippen LogP contribution in [0.2, 0.25) is 0 Å². The van der Waals surface area contributed by atoms with E-state index in [1.165, 1.54) is 0 Å². The lowest BCUT2D eigenvalue weighted by molar-refractivity contribution is 0.0944. The number of nitrogens with one attached hydrogen (secondary N) is 1. The van der Waals surface area contributed by atoms with Gasteiger partial charge in [0.25, 0.3) is 5.91 Å². The summed E-state index contributed by atoms with van der Waals surface area (Å²) in [4.78, 5) is 11.5. The summed E-state index contributed by atoms with van der Waals surface area (Å²) < 4.78 is 27.1. The molecule has 2 nitrogen and oxygen atoms in total. The van der Waals surface area contributed by atoms with Crippen molar-refractivity contribution >= 4 is 37.8 Å². The fourth-order valence-electron chi connectivity index (χ4n) is 1.27. The highest BCUT2D eigenvalue weighted by Crippen LogP contribution is 2.19. The molecule has 0 atom stereocenters. The van der Waals surface area contributed by atoms with Crippen LogP contribution in [0.3, 0.4) is 0 Å². The minimum atomic E-state index is -0.866. The zero-order valence-electron chi connectivity index (χ0n) is 8.90. The molecular formula is C11H11Br2F2NO. The van der Waals surface area contributed by atoms with Crippen LogP contribution in [-0.2, 0) is 0 Å². The van der Waals surface area contributed by atoms with Crippen molar-refractivity contribution in [2.75, 3.05) is 11.9 Å². The molecule has 0 saturated carbocycles. The first-order valence-corrected chi connectivity index (χ1v) is 6.96. The van der Waals surface area contributed by atoms with E-state index in [1.54, 1.807) is 0 Å². The number of halogens is 4. The molecule has 17 heavy (non-hydrogen) atoms. The van der Waals surface area contributed by atoms with Gasteiger partial charge in [0.15, 0.2) is 0 Å². The van der Waals surface area contributed by atoms with Crippen LogP contribution in [0.5, 0.6) is 0 Å². The van der Waals surface area contributed by atoms with Crippen molar-refractivity contribution in [2.45, 2.75) is 12.8 Å². The van der Waals surface area contributed by atoms with Crippen LogP contribution in [0.15, 0.2) is 16.6 Å². The van der Waals surface area contributed by atoms with E-state index in [4.69, 9.17) is 0 Å². The molecule has 0 saturated heterocycles. The van der Waals surface area contributed by atoms with Crippen LogP contribution in [0.25, 0.3) is 0 Å². The van der Waals surface area contributed by atoms with Crippen molar-refractivity contribution < 1.29 is 13.6 Å². The molecule has 1 aromatic carbocycles. The number of hydrogen-bond acceptors (Lipinski definition) is 1. The monoisotopic (exact) mass is 369 g/mol. The van der Waals surface area contributed by atoms with E-state index >= 15 is 0 Å². The molecule has 0 unspecified atom stereocenters. The number of hydrogen-bond donors (Lipinski definition) is 1. The first-order chi connectivity index (χ1) is 8.06. The summed E-state index contributed by atoms with van der Waals surface area (Å²) in [5.41, 5.74) is -0.535. The third-order valence-corrected chi connectivity index (χ3v) is 3.10. The van der Waals surface area contributed by atoms with Crippen molar-refractivity contribution in [1.82, 2.24) is 5.32 Å². The fourth-order valence-corrected chi connectivity index (χ4v) is 2.07. The number of carbonyl (C=O) groups excluding carboxylic acids is 1. The van der Waals surface area contributed by atoms with Crippen molar-refractivity contribution in [3.63, 3.8) is 0 Å². The Morgan fingerprint density at radius 1 is 1.24 bits per heavy atom. The maximum atomic E-state index is 13.4. The van der Waals surface area contributed by atoms with Crippen LogP contribution < -0.4 is 5.32 Å². The Morgan fingerprint density at radius 2 is 1.82 bits per heavy atom. The first kappa shape index (κ1) is 14.6. The summed E-state index contributed by atoms with van der Waals surface area (Å²) in [5.74, 6) is -2.45. The van der Waals surface area contributed by atoms with Gasteiger partial charge in [-0.1, -0.05) is 31.9 Å². The highest BCUT2D eigenvalue weighted by molar-refractivity contribution is 9.10. The number of benzene rings is 1. The fraction of sp³-hybridized carbons (Fsp3) is 0.364. The van der Waals surface area contributed by atoms with E-state index < -0.39 is 23.1 Å². The molecule has 0 radical (unpaired) electrons. The molecular weight excluding hydrogens is 360 g/mol. The van der Waals surface area contributed by atoms with E-state index in [9.17, 15) is 13.6 Å². The van der Waals surface area contributed by atoms with Crippen molar-refractivity contribution in [3.8, 4) is 0 Å². The lowest BCUT2D eigenvalue weighted by Gasteiger charge is -2.07. The van der Waals surface area contributed by atoms with Crippen LogP contribution in [-0.4, -0.2) is 17.8 Å². The molecule has 0 aliphatic carbocycles. The molecule has 0 spiro atoms. The molecule has 0 aromatic heterocycles. The van der Waals surface area contributed by atoms with Gasteiger partial charge >= 0.3 is 0 Å². The largest absolute Gasteiger partial charge is 0.352 e. The highest BCUT2D eigenvalue weighted by Gasteiger charge is 2.17. The van der Waals surface area contributed by atoms with E-state index in [0.29, 0.717) is 6.54 Å². The number of rotatable bonds is 5. The van der Waals surface area contributed by atoms with Crippen molar-refractivity contribution in [3.05, 3.63) is 33.8 Å². The molecule has 1 N–H and O–H groups in total. The van der Waals surface area contributed by atoms with Gasteiger partial charge in [-0.2, -0.15) is 0 Å². The normalized spacial score (nSPS) is 10.4. The minimum absolute atomic E-state index is 0.267. The molecule has 0 aliphatic rings. The standard InChI is InChI=1S/C11H11Br2F2NO/c12-3-1-2-4-16-11(17)10-8(14)5-7(13)6-9(10)15/h5-6H,1-4H2,(H,16,17). The number of carbonyl (C=O) groups is 1. The van der Waals surface area contributed by atoms with Crippen LogP contribution in [0.1, 0.15) is 23.2 Å². The van der Waals surface area contributed by atoms with E-state index in [2.05, 4.69) is 37.2 Å². The van der Waals surface area contributed by atoms with Gasteiger partial charge in [-0.15, -0.1) is 0 Å². The molecule has 1 rings (SSSR count). The Bertz CT molecular complexity index is 389. The Morgan fingerprint density at radius 3 is 2.35 bits per heavy atom. The highest BCUT2D eigenvalue weighted by atomic mass is 79.9. The van der Waals surface area contributed by atoms with Gasteiger partial charge in [-0.3, -0.25) is 4.79 Å². The van der Waals surface area contributed by atoms with Gasteiger partial charge in [-0.05, 0) is 25.0 Å². The topological polar surface area (TPSA) is 29.1 Å². The molecule has 1 aromatic rings. The van der Waals surface area contributed by atoms with Gasteiger partial charge < -0.3 is 5.32 Å². The predicted molar refractivity (Wildman–Crippen MR) is 69.4 cm³/mol. The molecule has 6 heteroatoms. The summed E-state index contributed by atoms with van der Waals surface area (Å²) in [7, 11) is 0. The second kappa shape index (κ2) is 7.06. The van der Waals surface area contributed by atoms with E-state index in [1.807, 2.05) is 0 Å². The second-order valence-electron chi connectivity index (χ2n) is 3.40. The number of amides is 1. The smallest absolute Gasteiger partial charge is 0.257 e. The number of unbranched alkanes of at least 4 members (excludes halogenated alkanes) is 1. The Balaban J connectivity index is 2.69. The van der Waals surface area contributed by atoms with Crippen LogP contribution in [0, 0.1) is 11.6 Å². The lowest BCUT2D eigenvalue weighted by Crippen LogP contribution is -2.26. The van der Waals surface area contributed by atoms with Gasteiger partial charge in [0.05, 0.1) is 0 Å².